The second-order valence-electron chi connectivity index (χ2n) is 5.70. The number of carbonyl (C=O) groups is 1. The van der Waals surface area contributed by atoms with E-state index in [9.17, 15) is 4.79 Å². The van der Waals surface area contributed by atoms with Gasteiger partial charge in [0.05, 0.1) is 6.10 Å². The Kier molecular flexibility index (Phi) is 5.27. The normalized spacial score (nSPS) is 16.8. The second-order valence-corrected chi connectivity index (χ2v) is 6.11. The summed E-state index contributed by atoms with van der Waals surface area (Å²) in [6, 6.07) is 7.17. The van der Waals surface area contributed by atoms with Gasteiger partial charge in [-0.25, -0.2) is 9.97 Å². The molecule has 2 aromatic rings. The van der Waals surface area contributed by atoms with E-state index in [1.807, 2.05) is 19.1 Å². The molecule has 1 aromatic heterocycles. The molecule has 1 saturated heterocycles. The Morgan fingerprint density at radius 2 is 2.29 bits per heavy atom. The number of hydrogen-bond acceptors (Lipinski definition) is 5. The Balaban J connectivity index is 1.64. The van der Waals surface area contributed by atoms with Crippen LogP contribution in [-0.2, 0) is 4.74 Å². The lowest BCUT2D eigenvalue weighted by atomic mass is 10.2. The minimum absolute atomic E-state index is 0.100. The van der Waals surface area contributed by atoms with Crippen LogP contribution in [0, 0.1) is 6.92 Å². The minimum atomic E-state index is -0.238. The zero-order chi connectivity index (χ0) is 16.9. The van der Waals surface area contributed by atoms with E-state index in [0.29, 0.717) is 23.2 Å². The number of hydrogen-bond donors (Lipinski definition) is 2. The van der Waals surface area contributed by atoms with Gasteiger partial charge in [-0.1, -0.05) is 17.7 Å². The number of nitrogens with zero attached hydrogens (tertiary/aromatic N) is 2. The summed E-state index contributed by atoms with van der Waals surface area (Å²) in [4.78, 5) is 20.6. The number of amides is 1. The molecule has 1 fully saturated rings. The van der Waals surface area contributed by atoms with E-state index in [1.54, 1.807) is 18.3 Å². The summed E-state index contributed by atoms with van der Waals surface area (Å²) in [7, 11) is 0. The lowest BCUT2D eigenvalue weighted by Crippen LogP contribution is -2.32. The van der Waals surface area contributed by atoms with Crippen molar-refractivity contribution in [3.05, 3.63) is 46.7 Å². The first-order valence-electron chi connectivity index (χ1n) is 7.88. The van der Waals surface area contributed by atoms with E-state index >= 15 is 0 Å². The molecule has 1 aliphatic heterocycles. The average molecular weight is 347 g/mol. The van der Waals surface area contributed by atoms with Gasteiger partial charge in [0.2, 0.25) is 5.95 Å². The lowest BCUT2D eigenvalue weighted by Gasteiger charge is -2.11. The molecule has 3 rings (SSSR count). The minimum Gasteiger partial charge on any atom is -0.376 e. The monoisotopic (exact) mass is 346 g/mol. The van der Waals surface area contributed by atoms with Crippen LogP contribution in [0.3, 0.4) is 0 Å². The molecule has 1 unspecified atom stereocenters. The fraction of sp³-hybridized carbons (Fsp3) is 0.353. The number of anilines is 2. The zero-order valence-electron chi connectivity index (χ0n) is 13.4. The van der Waals surface area contributed by atoms with Gasteiger partial charge >= 0.3 is 0 Å². The van der Waals surface area contributed by atoms with Crippen LogP contribution in [0.15, 0.2) is 30.5 Å². The molecule has 126 valence electrons. The zero-order valence-corrected chi connectivity index (χ0v) is 14.1. The van der Waals surface area contributed by atoms with Crippen LogP contribution >= 0.6 is 11.6 Å². The van der Waals surface area contributed by atoms with Crippen LogP contribution in [-0.4, -0.2) is 35.1 Å². The molecular weight excluding hydrogens is 328 g/mol. The number of nitrogens with one attached hydrogen (secondary N) is 2. The van der Waals surface area contributed by atoms with E-state index < -0.39 is 0 Å². The standard InChI is InChI=1S/C17H19ClN4O2/c1-11-4-5-12(9-14(11)18)21-17-19-7-6-15(22-17)16(23)20-10-13-3-2-8-24-13/h4-7,9,13H,2-3,8,10H2,1H3,(H,20,23)(H,19,21,22). The largest absolute Gasteiger partial charge is 0.376 e. The molecule has 0 radical (unpaired) electrons. The van der Waals surface area contributed by atoms with E-state index in [2.05, 4.69) is 20.6 Å². The Bertz CT molecular complexity index is 732. The molecule has 24 heavy (non-hydrogen) atoms. The summed E-state index contributed by atoms with van der Waals surface area (Å²) in [6.45, 7) is 3.20. The number of aryl methyl sites for hydroxylation is 1. The van der Waals surface area contributed by atoms with Crippen molar-refractivity contribution >= 4 is 29.1 Å². The maximum Gasteiger partial charge on any atom is 0.270 e. The van der Waals surface area contributed by atoms with Crippen molar-refractivity contribution in [2.45, 2.75) is 25.9 Å². The Morgan fingerprint density at radius 1 is 1.42 bits per heavy atom. The first kappa shape index (κ1) is 16.7. The van der Waals surface area contributed by atoms with Gasteiger partial charge < -0.3 is 15.4 Å². The van der Waals surface area contributed by atoms with Gasteiger partial charge in [-0.05, 0) is 43.5 Å². The molecule has 1 amide bonds. The fourth-order valence-electron chi connectivity index (χ4n) is 2.45. The van der Waals surface area contributed by atoms with Crippen LogP contribution in [0.4, 0.5) is 11.6 Å². The molecule has 0 bridgehead atoms. The molecule has 7 heteroatoms. The van der Waals surface area contributed by atoms with Crippen molar-refractivity contribution in [3.63, 3.8) is 0 Å². The third kappa shape index (κ3) is 4.21. The van der Waals surface area contributed by atoms with Gasteiger partial charge in [0, 0.05) is 30.1 Å². The summed E-state index contributed by atoms with van der Waals surface area (Å²) in [5, 5.41) is 6.56. The van der Waals surface area contributed by atoms with Crippen LogP contribution in [0.1, 0.15) is 28.9 Å². The number of aromatic nitrogens is 2. The van der Waals surface area contributed by atoms with Crippen LogP contribution in [0.2, 0.25) is 5.02 Å². The molecule has 1 atom stereocenters. The lowest BCUT2D eigenvalue weighted by molar-refractivity contribution is 0.0853. The predicted molar refractivity (Wildman–Crippen MR) is 92.8 cm³/mol. The smallest absolute Gasteiger partial charge is 0.270 e. The molecule has 0 aliphatic carbocycles. The molecule has 2 N–H and O–H groups in total. The topological polar surface area (TPSA) is 76.1 Å². The van der Waals surface area contributed by atoms with Gasteiger partial charge in [0.1, 0.15) is 5.69 Å². The highest BCUT2D eigenvalue weighted by atomic mass is 35.5. The van der Waals surface area contributed by atoms with Crippen molar-refractivity contribution in [1.82, 2.24) is 15.3 Å². The maximum absolute atomic E-state index is 12.2. The molecule has 0 spiro atoms. The number of ether oxygens (including phenoxy) is 1. The summed E-state index contributed by atoms with van der Waals surface area (Å²) in [6.07, 6.45) is 3.67. The third-order valence-corrected chi connectivity index (χ3v) is 4.24. The molecule has 2 heterocycles. The second kappa shape index (κ2) is 7.59. The quantitative estimate of drug-likeness (QED) is 0.870. The third-order valence-electron chi connectivity index (χ3n) is 3.83. The van der Waals surface area contributed by atoms with Gasteiger partial charge in [0.15, 0.2) is 0 Å². The van der Waals surface area contributed by atoms with Crippen molar-refractivity contribution in [2.75, 3.05) is 18.5 Å². The van der Waals surface area contributed by atoms with E-state index in [0.717, 1.165) is 30.7 Å². The number of carbonyl (C=O) groups excluding carboxylic acids is 1. The Labute approximate surface area is 145 Å². The van der Waals surface area contributed by atoms with Crippen molar-refractivity contribution < 1.29 is 9.53 Å². The summed E-state index contributed by atoms with van der Waals surface area (Å²) in [5.74, 6) is 0.109. The van der Waals surface area contributed by atoms with Crippen LogP contribution < -0.4 is 10.6 Å². The number of rotatable bonds is 5. The SMILES string of the molecule is Cc1ccc(Nc2nccc(C(=O)NCC3CCCO3)n2)cc1Cl. The van der Waals surface area contributed by atoms with Gasteiger partial charge in [-0.3, -0.25) is 4.79 Å². The molecular formula is C17H19ClN4O2. The average Bonchev–Trinajstić information content (AvgIpc) is 3.10. The summed E-state index contributed by atoms with van der Waals surface area (Å²) < 4.78 is 5.49. The fourth-order valence-corrected chi connectivity index (χ4v) is 2.63. The highest BCUT2D eigenvalue weighted by Crippen LogP contribution is 2.21. The number of benzene rings is 1. The van der Waals surface area contributed by atoms with Gasteiger partial charge in [-0.15, -0.1) is 0 Å². The van der Waals surface area contributed by atoms with Crippen LogP contribution in [0.5, 0.6) is 0 Å². The molecule has 1 aliphatic rings. The van der Waals surface area contributed by atoms with Crippen molar-refractivity contribution in [2.24, 2.45) is 0 Å². The Morgan fingerprint density at radius 3 is 3.04 bits per heavy atom. The van der Waals surface area contributed by atoms with Crippen molar-refractivity contribution in [1.29, 1.82) is 0 Å². The molecule has 1 aromatic carbocycles. The van der Waals surface area contributed by atoms with Crippen LogP contribution in [0.25, 0.3) is 0 Å². The summed E-state index contributed by atoms with van der Waals surface area (Å²) in [5.41, 5.74) is 2.07. The van der Waals surface area contributed by atoms with E-state index in [1.165, 1.54) is 0 Å². The van der Waals surface area contributed by atoms with Gasteiger partial charge in [0.25, 0.3) is 5.91 Å². The molecule has 6 nitrogen and oxygen atoms in total. The Hall–Kier alpha value is -2.18. The highest BCUT2D eigenvalue weighted by molar-refractivity contribution is 6.31. The van der Waals surface area contributed by atoms with E-state index in [-0.39, 0.29) is 12.0 Å². The molecule has 0 saturated carbocycles. The highest BCUT2D eigenvalue weighted by Gasteiger charge is 2.17. The summed E-state index contributed by atoms with van der Waals surface area (Å²) >= 11 is 6.11. The maximum atomic E-state index is 12.2. The first-order chi connectivity index (χ1) is 11.6. The van der Waals surface area contributed by atoms with Gasteiger partial charge in [-0.2, -0.15) is 0 Å². The van der Waals surface area contributed by atoms with Crippen molar-refractivity contribution in [3.8, 4) is 0 Å². The first-order valence-corrected chi connectivity index (χ1v) is 8.25. The van der Waals surface area contributed by atoms with E-state index in [4.69, 9.17) is 16.3 Å². The predicted octanol–water partition coefficient (Wildman–Crippen LogP) is 3.09. The number of halogens is 1.